The van der Waals surface area contributed by atoms with Gasteiger partial charge in [-0.25, -0.2) is 9.97 Å². The molecule has 2 amide bonds. The fraction of sp³-hybridized carbons (Fsp3) is 0.231. The Bertz CT molecular complexity index is 1990. The summed E-state index contributed by atoms with van der Waals surface area (Å²) < 4.78 is 11.6. The summed E-state index contributed by atoms with van der Waals surface area (Å²) in [5.41, 5.74) is 4.11. The zero-order valence-electron chi connectivity index (χ0n) is 26.9. The van der Waals surface area contributed by atoms with Crippen molar-refractivity contribution < 1.29 is 19.1 Å². The third-order valence-electron chi connectivity index (χ3n) is 9.38. The molecule has 1 unspecified atom stereocenters. The molecule has 8 nitrogen and oxygen atoms in total. The number of benzene rings is 3. The number of hydrogen-bond donors (Lipinski definition) is 1. The third kappa shape index (κ3) is 7.00. The van der Waals surface area contributed by atoms with Crippen LogP contribution in [0.1, 0.15) is 34.0 Å². The second-order valence-corrected chi connectivity index (χ2v) is 13.7. The second kappa shape index (κ2) is 14.3. The number of carbonyl (C=O) groups excluding carboxylic acids is 2. The summed E-state index contributed by atoms with van der Waals surface area (Å²) in [6, 6.07) is 28.9. The van der Waals surface area contributed by atoms with Crippen molar-refractivity contribution in [3.05, 3.63) is 126 Å². The molecule has 4 atom stereocenters. The van der Waals surface area contributed by atoms with Gasteiger partial charge in [0.2, 0.25) is 0 Å². The lowest BCUT2D eigenvalue weighted by Gasteiger charge is -2.39. The van der Waals surface area contributed by atoms with Crippen molar-refractivity contribution >= 4 is 45.4 Å². The Morgan fingerprint density at radius 3 is 2.57 bits per heavy atom. The highest BCUT2D eigenvalue weighted by Crippen LogP contribution is 2.51. The van der Waals surface area contributed by atoms with Crippen molar-refractivity contribution in [2.75, 3.05) is 20.2 Å². The highest BCUT2D eigenvalue weighted by atomic mass is 35.5. The number of fused-ring (bicyclic) bond motifs is 2. The quantitative estimate of drug-likeness (QED) is 0.115. The summed E-state index contributed by atoms with van der Waals surface area (Å²) >= 11 is 7.28. The molecular formula is C39H35ClN4O4S. The molecule has 5 aromatic rings. The van der Waals surface area contributed by atoms with Gasteiger partial charge >= 0.3 is 0 Å². The van der Waals surface area contributed by atoms with Crippen molar-refractivity contribution in [1.29, 1.82) is 0 Å². The summed E-state index contributed by atoms with van der Waals surface area (Å²) in [5.74, 6) is 2.30. The molecular weight excluding hydrogens is 656 g/mol. The topological polar surface area (TPSA) is 93.7 Å². The molecule has 3 aromatic carbocycles. The highest BCUT2D eigenvalue weighted by Gasteiger charge is 2.46. The summed E-state index contributed by atoms with van der Waals surface area (Å²) in [6.07, 6.45) is 5.01. The lowest BCUT2D eigenvalue weighted by Crippen LogP contribution is -2.44. The molecule has 49 heavy (non-hydrogen) atoms. The maximum Gasteiger partial charge on any atom is 0.282 e. The highest BCUT2D eigenvalue weighted by molar-refractivity contribution is 8.14. The maximum absolute atomic E-state index is 13.5. The standard InChI is InChI=1S/C39H35ClN4O4S/c1-3-24(22-42-38(45)27-11-16-36(40)41-23-27)26-17-18-44-35(19-26)37(49-39(44)46)32-21-34(43-33-15-14-30(47-2)20-31(32)33)25-9-12-29(13-10-25)48-28-7-5-4-6-8-28/h3-16,20-21,23-24,26,35,37H,1,17-19,22H2,2H3,(H,42,45)/t24-,26?,35-,37-/m0/s1. The normalized spacial score (nSPS) is 19.3. The van der Waals surface area contributed by atoms with E-state index < -0.39 is 0 Å². The predicted molar refractivity (Wildman–Crippen MR) is 194 cm³/mol. The lowest BCUT2D eigenvalue weighted by molar-refractivity contribution is 0.0934. The molecule has 0 radical (unpaired) electrons. The molecule has 2 aromatic heterocycles. The van der Waals surface area contributed by atoms with Gasteiger partial charge in [0.1, 0.15) is 22.4 Å². The number of thioether (sulfide) groups is 1. The van der Waals surface area contributed by atoms with Crippen molar-refractivity contribution in [3.63, 3.8) is 0 Å². The van der Waals surface area contributed by atoms with Crippen LogP contribution in [0.25, 0.3) is 22.2 Å². The van der Waals surface area contributed by atoms with Crippen LogP contribution >= 0.6 is 23.4 Å². The van der Waals surface area contributed by atoms with Crippen LogP contribution < -0.4 is 14.8 Å². The number of para-hydroxylation sites is 1. The van der Waals surface area contributed by atoms with E-state index in [1.807, 2.05) is 83.8 Å². The van der Waals surface area contributed by atoms with Crippen molar-refractivity contribution in [2.45, 2.75) is 24.1 Å². The molecule has 248 valence electrons. The molecule has 2 fully saturated rings. The van der Waals surface area contributed by atoms with E-state index in [0.29, 0.717) is 23.8 Å². The van der Waals surface area contributed by atoms with Crippen molar-refractivity contribution in [2.24, 2.45) is 11.8 Å². The SMILES string of the molecule is C=C[C@@H](CNC(=O)c1ccc(Cl)nc1)C1CCN2C(=O)S[C@@H](c3cc(-c4ccc(Oc5ccccc5)cc4)nc4ccc(OC)cc34)[C@@H]2C1. The molecule has 7 rings (SSSR count). The smallest absolute Gasteiger partial charge is 0.282 e. The van der Waals surface area contributed by atoms with E-state index in [0.717, 1.165) is 57.8 Å². The van der Waals surface area contributed by atoms with Crippen LogP contribution in [0.5, 0.6) is 17.2 Å². The fourth-order valence-electron chi connectivity index (χ4n) is 6.78. The number of carbonyl (C=O) groups is 2. The minimum absolute atomic E-state index is 0.0267. The number of halogens is 1. The van der Waals surface area contributed by atoms with Crippen LogP contribution in [0, 0.1) is 11.8 Å². The van der Waals surface area contributed by atoms with Crippen LogP contribution in [0.2, 0.25) is 5.15 Å². The molecule has 0 bridgehead atoms. The van der Waals surface area contributed by atoms with Gasteiger partial charge in [-0.2, -0.15) is 0 Å². The number of hydrogen-bond acceptors (Lipinski definition) is 7. The number of ether oxygens (including phenoxy) is 2. The molecule has 0 spiro atoms. The van der Waals surface area contributed by atoms with E-state index in [1.54, 1.807) is 19.2 Å². The van der Waals surface area contributed by atoms with E-state index in [4.69, 9.17) is 26.1 Å². The average molecular weight is 691 g/mol. The number of aromatic nitrogens is 2. The molecule has 10 heteroatoms. The first-order chi connectivity index (χ1) is 23.9. The molecule has 0 saturated carbocycles. The fourth-order valence-corrected chi connectivity index (χ4v) is 8.21. The van der Waals surface area contributed by atoms with Gasteiger partial charge in [0.15, 0.2) is 0 Å². The van der Waals surface area contributed by atoms with Crippen LogP contribution in [0.4, 0.5) is 4.79 Å². The van der Waals surface area contributed by atoms with Gasteiger partial charge in [-0.3, -0.25) is 9.59 Å². The van der Waals surface area contributed by atoms with E-state index >= 15 is 0 Å². The first-order valence-corrected chi connectivity index (χ1v) is 17.5. The third-order valence-corrected chi connectivity index (χ3v) is 10.9. The summed E-state index contributed by atoms with van der Waals surface area (Å²) in [7, 11) is 1.65. The zero-order valence-corrected chi connectivity index (χ0v) is 28.5. The predicted octanol–water partition coefficient (Wildman–Crippen LogP) is 8.97. The monoisotopic (exact) mass is 690 g/mol. The number of rotatable bonds is 10. The molecule has 2 saturated heterocycles. The first kappa shape index (κ1) is 32.7. The number of amides is 2. The van der Waals surface area contributed by atoms with Crippen LogP contribution in [0.3, 0.4) is 0 Å². The Hall–Kier alpha value is -4.86. The molecule has 2 aliphatic rings. The van der Waals surface area contributed by atoms with E-state index in [2.05, 4.69) is 22.9 Å². The summed E-state index contributed by atoms with van der Waals surface area (Å²) in [6.45, 7) is 5.21. The summed E-state index contributed by atoms with van der Waals surface area (Å²) in [4.78, 5) is 37.4. The number of piperidine rings is 1. The van der Waals surface area contributed by atoms with E-state index in [9.17, 15) is 9.59 Å². The van der Waals surface area contributed by atoms with Gasteiger partial charge in [0, 0.05) is 36.3 Å². The Morgan fingerprint density at radius 1 is 1.06 bits per heavy atom. The van der Waals surface area contributed by atoms with Crippen molar-refractivity contribution in [1.82, 2.24) is 20.2 Å². The van der Waals surface area contributed by atoms with E-state index in [-0.39, 0.29) is 34.3 Å². The minimum Gasteiger partial charge on any atom is -0.497 e. The van der Waals surface area contributed by atoms with Crippen LogP contribution in [-0.4, -0.2) is 52.3 Å². The van der Waals surface area contributed by atoms with Gasteiger partial charge in [-0.15, -0.1) is 6.58 Å². The molecule has 2 aliphatic heterocycles. The van der Waals surface area contributed by atoms with Gasteiger partial charge in [0.25, 0.3) is 11.1 Å². The van der Waals surface area contributed by atoms with Gasteiger partial charge in [-0.05, 0) is 103 Å². The van der Waals surface area contributed by atoms with E-state index in [1.165, 1.54) is 18.0 Å². The Kier molecular flexibility index (Phi) is 9.55. The van der Waals surface area contributed by atoms with Gasteiger partial charge in [0.05, 0.1) is 29.1 Å². The Labute approximate surface area is 294 Å². The number of nitrogens with one attached hydrogen (secondary N) is 1. The van der Waals surface area contributed by atoms with Crippen LogP contribution in [-0.2, 0) is 0 Å². The maximum atomic E-state index is 13.5. The number of pyridine rings is 2. The molecule has 1 N–H and O–H groups in total. The van der Waals surface area contributed by atoms with Gasteiger partial charge < -0.3 is 19.7 Å². The summed E-state index contributed by atoms with van der Waals surface area (Å²) in [5, 5.41) is 4.32. The molecule has 4 heterocycles. The molecule has 0 aliphatic carbocycles. The lowest BCUT2D eigenvalue weighted by atomic mass is 9.79. The minimum atomic E-state index is -0.206. The zero-order chi connectivity index (χ0) is 33.9. The largest absolute Gasteiger partial charge is 0.497 e. The van der Waals surface area contributed by atoms with Crippen molar-refractivity contribution in [3.8, 4) is 28.5 Å². The van der Waals surface area contributed by atoms with Gasteiger partial charge in [-0.1, -0.05) is 47.6 Å². The Balaban J connectivity index is 1.16. The van der Waals surface area contributed by atoms with Crippen LogP contribution in [0.15, 0.2) is 110 Å². The Morgan fingerprint density at radius 2 is 1.84 bits per heavy atom. The second-order valence-electron chi connectivity index (χ2n) is 12.2. The number of methoxy groups -OCH3 is 1. The average Bonchev–Trinajstić information content (AvgIpc) is 3.47. The first-order valence-electron chi connectivity index (χ1n) is 16.2. The number of nitrogens with zero attached hydrogens (tertiary/aromatic N) is 3.